The lowest BCUT2D eigenvalue weighted by atomic mass is 10.0. The van der Waals surface area contributed by atoms with Crippen LogP contribution in [0.4, 0.5) is 0 Å². The number of hydrogen-bond acceptors (Lipinski definition) is 4. The Morgan fingerprint density at radius 2 is 1.88 bits per heavy atom. The SMILES string of the molecule is COc1ccc2nc(COc3ccc(CC(C)C(=O)S)cc3)n(C)c2c1. The predicted molar refractivity (Wildman–Crippen MR) is 105 cm³/mol. The van der Waals surface area contributed by atoms with E-state index in [0.717, 1.165) is 33.9 Å². The zero-order valence-electron chi connectivity index (χ0n) is 15.1. The first kappa shape index (κ1) is 18.3. The van der Waals surface area contributed by atoms with Crippen LogP contribution >= 0.6 is 12.6 Å². The average molecular weight is 370 g/mol. The number of thiol groups is 1. The molecule has 2 aromatic carbocycles. The zero-order chi connectivity index (χ0) is 18.7. The van der Waals surface area contributed by atoms with Crippen LogP contribution in [0.15, 0.2) is 42.5 Å². The summed E-state index contributed by atoms with van der Waals surface area (Å²) >= 11 is 3.88. The van der Waals surface area contributed by atoms with Crippen molar-refractivity contribution in [1.82, 2.24) is 9.55 Å². The van der Waals surface area contributed by atoms with Crippen LogP contribution in [-0.2, 0) is 24.9 Å². The van der Waals surface area contributed by atoms with Gasteiger partial charge in [-0.2, -0.15) is 0 Å². The van der Waals surface area contributed by atoms with Crippen molar-refractivity contribution in [1.29, 1.82) is 0 Å². The molecule has 0 radical (unpaired) electrons. The number of rotatable bonds is 7. The summed E-state index contributed by atoms with van der Waals surface area (Å²) in [6.45, 7) is 2.25. The quantitative estimate of drug-likeness (QED) is 0.643. The first-order chi connectivity index (χ1) is 12.5. The van der Waals surface area contributed by atoms with Gasteiger partial charge in [-0.05, 0) is 36.2 Å². The molecule has 3 rings (SSSR count). The Labute approximate surface area is 158 Å². The van der Waals surface area contributed by atoms with Gasteiger partial charge in [0.15, 0.2) is 5.12 Å². The third-order valence-electron chi connectivity index (χ3n) is 4.44. The van der Waals surface area contributed by atoms with E-state index < -0.39 is 0 Å². The van der Waals surface area contributed by atoms with Crippen molar-refractivity contribution in [2.24, 2.45) is 13.0 Å². The normalized spacial score (nSPS) is 12.2. The van der Waals surface area contributed by atoms with Crippen LogP contribution in [0, 0.1) is 5.92 Å². The second-order valence-electron chi connectivity index (χ2n) is 6.32. The molecule has 0 N–H and O–H groups in total. The maximum Gasteiger partial charge on any atom is 0.189 e. The lowest BCUT2D eigenvalue weighted by molar-refractivity contribution is -0.113. The molecule has 6 heteroatoms. The molecule has 1 unspecified atom stereocenters. The van der Waals surface area contributed by atoms with Gasteiger partial charge in [0.25, 0.3) is 0 Å². The van der Waals surface area contributed by atoms with E-state index in [-0.39, 0.29) is 11.0 Å². The largest absolute Gasteiger partial charge is 0.497 e. The molecule has 0 saturated heterocycles. The zero-order valence-corrected chi connectivity index (χ0v) is 16.0. The summed E-state index contributed by atoms with van der Waals surface area (Å²) in [5, 5.41) is -0.0937. The molecule has 1 aromatic heterocycles. The highest BCUT2D eigenvalue weighted by Gasteiger charge is 2.11. The summed E-state index contributed by atoms with van der Waals surface area (Å²) in [5.41, 5.74) is 3.00. The van der Waals surface area contributed by atoms with Crippen LogP contribution < -0.4 is 9.47 Å². The van der Waals surface area contributed by atoms with Gasteiger partial charge in [-0.15, -0.1) is 12.6 Å². The number of methoxy groups -OCH3 is 1. The van der Waals surface area contributed by atoms with E-state index in [1.807, 2.05) is 61.0 Å². The fourth-order valence-electron chi connectivity index (χ4n) is 2.79. The monoisotopic (exact) mass is 370 g/mol. The molecule has 0 spiro atoms. The first-order valence-corrected chi connectivity index (χ1v) is 8.86. The molecule has 5 nitrogen and oxygen atoms in total. The highest BCUT2D eigenvalue weighted by molar-refractivity contribution is 7.96. The molecular formula is C20H22N2O3S. The van der Waals surface area contributed by atoms with Gasteiger partial charge in [0.05, 0.1) is 18.1 Å². The second-order valence-corrected chi connectivity index (χ2v) is 6.76. The highest BCUT2D eigenvalue weighted by atomic mass is 32.1. The molecule has 3 aromatic rings. The number of benzene rings is 2. The number of hydrogen-bond donors (Lipinski definition) is 1. The number of aromatic nitrogens is 2. The smallest absolute Gasteiger partial charge is 0.189 e. The molecule has 0 aliphatic rings. The van der Waals surface area contributed by atoms with Crippen molar-refractivity contribution < 1.29 is 14.3 Å². The van der Waals surface area contributed by atoms with Gasteiger partial charge in [0.1, 0.15) is 23.9 Å². The fourth-order valence-corrected chi connectivity index (χ4v) is 2.88. The molecule has 0 aliphatic carbocycles. The first-order valence-electron chi connectivity index (χ1n) is 8.42. The summed E-state index contributed by atoms with van der Waals surface area (Å²) in [7, 11) is 3.62. The van der Waals surface area contributed by atoms with Gasteiger partial charge < -0.3 is 14.0 Å². The number of nitrogens with zero attached hydrogens (tertiary/aromatic N) is 2. The van der Waals surface area contributed by atoms with Crippen LogP contribution in [0.1, 0.15) is 18.3 Å². The molecule has 0 bridgehead atoms. The second kappa shape index (κ2) is 7.83. The molecule has 136 valence electrons. The molecule has 1 heterocycles. The molecule has 0 amide bonds. The third-order valence-corrected chi connectivity index (χ3v) is 4.88. The van der Waals surface area contributed by atoms with Gasteiger partial charge in [-0.1, -0.05) is 19.1 Å². The van der Waals surface area contributed by atoms with E-state index in [9.17, 15) is 4.79 Å². The minimum atomic E-state index is -0.0953. The summed E-state index contributed by atoms with van der Waals surface area (Å²) in [6.07, 6.45) is 0.676. The Morgan fingerprint density at radius 1 is 1.19 bits per heavy atom. The van der Waals surface area contributed by atoms with Crippen molar-refractivity contribution in [3.05, 3.63) is 53.9 Å². The predicted octanol–water partition coefficient (Wildman–Crippen LogP) is 3.80. The van der Waals surface area contributed by atoms with Gasteiger partial charge in [0, 0.05) is 19.0 Å². The van der Waals surface area contributed by atoms with E-state index in [2.05, 4.69) is 17.6 Å². The number of carbonyl (C=O) groups is 1. The lowest BCUT2D eigenvalue weighted by Crippen LogP contribution is -2.07. The maximum atomic E-state index is 11.2. The van der Waals surface area contributed by atoms with Crippen molar-refractivity contribution in [3.8, 4) is 11.5 Å². The summed E-state index contributed by atoms with van der Waals surface area (Å²) in [5.74, 6) is 2.31. The Kier molecular flexibility index (Phi) is 5.52. The number of ether oxygens (including phenoxy) is 2. The molecule has 0 saturated carbocycles. The summed E-state index contributed by atoms with van der Waals surface area (Å²) < 4.78 is 13.1. The number of aryl methyl sites for hydroxylation is 1. The van der Waals surface area contributed by atoms with E-state index in [4.69, 9.17) is 9.47 Å². The van der Waals surface area contributed by atoms with Gasteiger partial charge >= 0.3 is 0 Å². The van der Waals surface area contributed by atoms with Crippen LogP contribution in [0.2, 0.25) is 0 Å². The van der Waals surface area contributed by atoms with Crippen molar-refractivity contribution in [3.63, 3.8) is 0 Å². The van der Waals surface area contributed by atoms with Crippen molar-refractivity contribution in [2.75, 3.05) is 7.11 Å². The van der Waals surface area contributed by atoms with Crippen molar-refractivity contribution in [2.45, 2.75) is 20.0 Å². The van der Waals surface area contributed by atoms with E-state index in [0.29, 0.717) is 13.0 Å². The molecule has 26 heavy (non-hydrogen) atoms. The summed E-state index contributed by atoms with van der Waals surface area (Å²) in [4.78, 5) is 15.9. The molecule has 1 atom stereocenters. The number of imidazole rings is 1. The Morgan fingerprint density at radius 3 is 2.54 bits per heavy atom. The molecular weight excluding hydrogens is 348 g/mol. The van der Waals surface area contributed by atoms with Gasteiger partial charge in [-0.3, -0.25) is 4.79 Å². The minimum absolute atomic E-state index is 0.0937. The van der Waals surface area contributed by atoms with Crippen molar-refractivity contribution >= 4 is 28.8 Å². The number of carbonyl (C=O) groups excluding carboxylic acids is 1. The number of fused-ring (bicyclic) bond motifs is 1. The topological polar surface area (TPSA) is 53.4 Å². The van der Waals surface area contributed by atoms with Gasteiger partial charge in [0.2, 0.25) is 0 Å². The lowest BCUT2D eigenvalue weighted by Gasteiger charge is -2.09. The summed E-state index contributed by atoms with van der Waals surface area (Å²) in [6, 6.07) is 13.6. The van der Waals surface area contributed by atoms with Crippen LogP contribution in [0.3, 0.4) is 0 Å². The Bertz CT molecular complexity index is 919. The highest BCUT2D eigenvalue weighted by Crippen LogP contribution is 2.22. The third kappa shape index (κ3) is 4.02. The minimum Gasteiger partial charge on any atom is -0.497 e. The van der Waals surface area contributed by atoms with E-state index in [1.165, 1.54) is 0 Å². The maximum absolute atomic E-state index is 11.2. The van der Waals surface area contributed by atoms with Crippen LogP contribution in [0.25, 0.3) is 11.0 Å². The van der Waals surface area contributed by atoms with Crippen LogP contribution in [0.5, 0.6) is 11.5 Å². The van der Waals surface area contributed by atoms with Gasteiger partial charge in [-0.25, -0.2) is 4.98 Å². The Balaban J connectivity index is 1.68. The average Bonchev–Trinajstić information content (AvgIpc) is 2.96. The molecule has 0 aliphatic heterocycles. The fraction of sp³-hybridized carbons (Fsp3) is 0.300. The standard InChI is InChI=1S/C20H22N2O3S/c1-13(20(23)26)10-14-4-6-15(7-5-14)25-12-19-21-17-9-8-16(24-3)11-18(17)22(19)2/h4-9,11,13H,10,12H2,1-3H3,(H,23,26). The van der Waals surface area contributed by atoms with E-state index >= 15 is 0 Å². The van der Waals surface area contributed by atoms with E-state index in [1.54, 1.807) is 7.11 Å². The molecule has 0 fully saturated rings. The van der Waals surface area contributed by atoms with Crippen LogP contribution in [-0.4, -0.2) is 21.8 Å². The Hall–Kier alpha value is -2.47.